The number of allylic oxidation sites excluding steroid dienone is 4. The predicted octanol–water partition coefficient (Wildman–Crippen LogP) is 1.61. The molecule has 2 rings (SSSR count). The third kappa shape index (κ3) is 6.60. The highest BCUT2D eigenvalue weighted by atomic mass is 19.3. The van der Waals surface area contributed by atoms with Crippen molar-refractivity contribution >= 4 is 23.6 Å². The second kappa shape index (κ2) is 11.4. The average Bonchev–Trinajstić information content (AvgIpc) is 2.86. The molecule has 1 fully saturated rings. The lowest BCUT2D eigenvalue weighted by Crippen LogP contribution is -2.54. The zero-order valence-corrected chi connectivity index (χ0v) is 19.1. The molecule has 2 heterocycles. The number of imide groups is 1. The summed E-state index contributed by atoms with van der Waals surface area (Å²) < 4.78 is 29.1. The van der Waals surface area contributed by atoms with Gasteiger partial charge in [0.15, 0.2) is 0 Å². The van der Waals surface area contributed by atoms with E-state index in [1.165, 1.54) is 29.2 Å². The third-order valence-corrected chi connectivity index (χ3v) is 5.24. The van der Waals surface area contributed by atoms with Gasteiger partial charge in [-0.05, 0) is 24.1 Å². The van der Waals surface area contributed by atoms with Gasteiger partial charge in [0.1, 0.15) is 6.04 Å². The zero-order valence-electron chi connectivity index (χ0n) is 19.1. The van der Waals surface area contributed by atoms with Crippen LogP contribution < -0.4 is 10.6 Å². The van der Waals surface area contributed by atoms with Gasteiger partial charge in [-0.2, -0.15) is 8.78 Å². The molecule has 0 spiro atoms. The Morgan fingerprint density at radius 2 is 2.03 bits per heavy atom. The molecule has 0 bridgehead atoms. The van der Waals surface area contributed by atoms with E-state index in [1.807, 2.05) is 0 Å². The van der Waals surface area contributed by atoms with Crippen LogP contribution in [0, 0.1) is 0 Å². The molecule has 2 aliphatic heterocycles. The Morgan fingerprint density at radius 3 is 2.65 bits per heavy atom. The first-order valence-electron chi connectivity index (χ1n) is 10.5. The molecule has 182 valence electrons. The maximum atomic E-state index is 14.5. The normalized spacial score (nSPS) is 22.9. The van der Waals surface area contributed by atoms with Crippen LogP contribution in [0.1, 0.15) is 12.8 Å². The number of carbonyl (C=O) groups is 4. The number of alkyl halides is 2. The topological polar surface area (TPSA) is 98.8 Å². The lowest BCUT2D eigenvalue weighted by molar-refractivity contribution is -0.143. The van der Waals surface area contributed by atoms with Gasteiger partial charge in [-0.1, -0.05) is 37.5 Å². The molecule has 0 aromatic rings. The van der Waals surface area contributed by atoms with Crippen molar-refractivity contribution in [2.45, 2.75) is 24.8 Å². The molecule has 4 amide bonds. The second-order valence-electron chi connectivity index (χ2n) is 7.91. The Balaban J connectivity index is 2.06. The van der Waals surface area contributed by atoms with Gasteiger partial charge in [0.05, 0.1) is 0 Å². The zero-order chi connectivity index (χ0) is 25.5. The fourth-order valence-corrected chi connectivity index (χ4v) is 3.27. The smallest absolute Gasteiger partial charge is 0.349 e. The quantitative estimate of drug-likeness (QED) is 0.412. The minimum atomic E-state index is -3.85. The van der Waals surface area contributed by atoms with Crippen molar-refractivity contribution in [1.29, 1.82) is 0 Å². The minimum absolute atomic E-state index is 0.0629. The number of likely N-dealkylation sites (N-methyl/N-ethyl adjacent to an activating group) is 1. The summed E-state index contributed by atoms with van der Waals surface area (Å²) in [7, 11) is 3.29. The molecule has 2 N–H and O–H groups in total. The number of halogens is 2. The summed E-state index contributed by atoms with van der Waals surface area (Å²) in [5, 5.41) is 4.40. The van der Waals surface area contributed by atoms with Crippen LogP contribution in [0.5, 0.6) is 0 Å². The summed E-state index contributed by atoms with van der Waals surface area (Å²) in [5.41, 5.74) is 0.146. The SMILES string of the molecule is C=C/C(=C\C(=C)C(F)(F)C(=O)NCC1=C/C=C/C(=O)N(C2CCC(=O)NC2=O)C\C=C\1)N(C)C. The van der Waals surface area contributed by atoms with Crippen molar-refractivity contribution in [3.8, 4) is 0 Å². The lowest BCUT2D eigenvalue weighted by Gasteiger charge is -2.31. The minimum Gasteiger partial charge on any atom is -0.378 e. The first-order chi connectivity index (χ1) is 16.0. The molecule has 0 saturated carbocycles. The average molecular weight is 475 g/mol. The van der Waals surface area contributed by atoms with Crippen molar-refractivity contribution in [3.63, 3.8) is 0 Å². The van der Waals surface area contributed by atoms with Gasteiger partial charge in [-0.3, -0.25) is 24.5 Å². The highest BCUT2D eigenvalue weighted by Gasteiger charge is 2.41. The Morgan fingerprint density at radius 1 is 1.32 bits per heavy atom. The van der Waals surface area contributed by atoms with Crippen LogP contribution in [0.2, 0.25) is 0 Å². The van der Waals surface area contributed by atoms with E-state index >= 15 is 0 Å². The van der Waals surface area contributed by atoms with E-state index in [0.29, 0.717) is 11.3 Å². The van der Waals surface area contributed by atoms with Gasteiger partial charge in [-0.25, -0.2) is 0 Å². The molecule has 34 heavy (non-hydrogen) atoms. The highest BCUT2D eigenvalue weighted by molar-refractivity contribution is 6.02. The van der Waals surface area contributed by atoms with Gasteiger partial charge in [-0.15, -0.1) is 0 Å². The van der Waals surface area contributed by atoms with E-state index < -0.39 is 35.3 Å². The standard InChI is InChI=1S/C24H28F2N4O4/c1-5-18(29(3)4)14-16(2)24(25,26)23(34)27-15-17-8-6-10-21(32)30(13-7-9-17)19-11-12-20(31)28-22(19)33/h5-10,14,19H,1-2,11-13,15H2,3-4H3,(H,27,34)(H,28,31,33)/b9-7+,10-6+,17-8+,18-14+. The molecule has 1 unspecified atom stereocenters. The van der Waals surface area contributed by atoms with Crippen LogP contribution >= 0.6 is 0 Å². The number of rotatable bonds is 8. The first kappa shape index (κ1) is 26.4. The molecule has 2 aliphatic rings. The summed E-state index contributed by atoms with van der Waals surface area (Å²) >= 11 is 0. The molecular formula is C24H28F2N4O4. The van der Waals surface area contributed by atoms with Crippen molar-refractivity contribution in [2.24, 2.45) is 0 Å². The van der Waals surface area contributed by atoms with E-state index in [1.54, 1.807) is 31.1 Å². The van der Waals surface area contributed by atoms with Gasteiger partial charge >= 0.3 is 5.92 Å². The molecule has 8 nitrogen and oxygen atoms in total. The van der Waals surface area contributed by atoms with Crippen LogP contribution in [-0.2, 0) is 19.2 Å². The van der Waals surface area contributed by atoms with Crippen LogP contribution in [0.4, 0.5) is 8.78 Å². The molecular weight excluding hydrogens is 446 g/mol. The molecule has 0 aromatic heterocycles. The monoisotopic (exact) mass is 474 g/mol. The van der Waals surface area contributed by atoms with Crippen LogP contribution in [-0.4, -0.2) is 72.6 Å². The number of carbonyl (C=O) groups excluding carboxylic acids is 4. The summed E-state index contributed by atoms with van der Waals surface area (Å²) in [6, 6.07) is -0.791. The van der Waals surface area contributed by atoms with Crippen LogP contribution in [0.15, 0.2) is 72.5 Å². The van der Waals surface area contributed by atoms with Gasteiger partial charge in [0.2, 0.25) is 17.7 Å². The first-order valence-corrected chi connectivity index (χ1v) is 10.5. The third-order valence-electron chi connectivity index (χ3n) is 5.24. The summed E-state index contributed by atoms with van der Waals surface area (Å²) in [4.78, 5) is 51.1. The fraction of sp³-hybridized carbons (Fsp3) is 0.333. The maximum Gasteiger partial charge on any atom is 0.349 e. The maximum absolute atomic E-state index is 14.5. The van der Waals surface area contributed by atoms with Crippen LogP contribution in [0.3, 0.4) is 0 Å². The summed E-state index contributed by atoms with van der Waals surface area (Å²) in [5.74, 6) is -6.73. The summed E-state index contributed by atoms with van der Waals surface area (Å²) in [6.07, 6.45) is 10.1. The number of hydrogen-bond acceptors (Lipinski definition) is 5. The number of nitrogens with zero attached hydrogens (tertiary/aromatic N) is 2. The van der Waals surface area contributed by atoms with Gasteiger partial charge in [0, 0.05) is 51.0 Å². The molecule has 10 heteroatoms. The van der Waals surface area contributed by atoms with Crippen LogP contribution in [0.25, 0.3) is 0 Å². The van der Waals surface area contributed by atoms with E-state index in [0.717, 1.165) is 6.08 Å². The Hall–Kier alpha value is -3.82. The predicted molar refractivity (Wildman–Crippen MR) is 123 cm³/mol. The molecule has 0 radical (unpaired) electrons. The van der Waals surface area contributed by atoms with E-state index in [9.17, 15) is 28.0 Å². The number of nitrogens with one attached hydrogen (secondary N) is 2. The number of amides is 4. The van der Waals surface area contributed by atoms with Crippen molar-refractivity contribution < 1.29 is 28.0 Å². The Kier molecular flexibility index (Phi) is 8.83. The van der Waals surface area contributed by atoms with Gasteiger partial charge < -0.3 is 15.1 Å². The fourth-order valence-electron chi connectivity index (χ4n) is 3.27. The van der Waals surface area contributed by atoms with Gasteiger partial charge in [0.25, 0.3) is 5.91 Å². The van der Waals surface area contributed by atoms with Crippen molar-refractivity contribution in [3.05, 3.63) is 72.5 Å². The Labute approximate surface area is 197 Å². The number of hydrogen-bond donors (Lipinski definition) is 2. The Bertz CT molecular complexity index is 1010. The molecule has 1 atom stereocenters. The largest absolute Gasteiger partial charge is 0.378 e. The number of piperidine rings is 1. The summed E-state index contributed by atoms with van der Waals surface area (Å²) in [6.45, 7) is 6.72. The van der Waals surface area contributed by atoms with E-state index in [4.69, 9.17) is 0 Å². The molecule has 0 aromatic carbocycles. The van der Waals surface area contributed by atoms with Crippen molar-refractivity contribution in [1.82, 2.24) is 20.4 Å². The molecule has 0 aliphatic carbocycles. The van der Waals surface area contributed by atoms with E-state index in [-0.39, 0.29) is 31.8 Å². The second-order valence-corrected chi connectivity index (χ2v) is 7.91. The van der Waals surface area contributed by atoms with E-state index in [2.05, 4.69) is 23.8 Å². The lowest BCUT2D eigenvalue weighted by atomic mass is 10.0. The highest BCUT2D eigenvalue weighted by Crippen LogP contribution is 2.25. The molecule has 1 saturated heterocycles. The van der Waals surface area contributed by atoms with Crippen molar-refractivity contribution in [2.75, 3.05) is 27.2 Å².